The minimum absolute atomic E-state index is 0. The standard InChI is InChI=1S/C12H27O4P.Fe/c1-2-3-4-5-6-7-8-9-10-11-12-16-17(13,14)15;/h2-12H2,1H3,(H2,13,14,15);/q;+2/p-2. The Hall–Kier alpha value is 0.629. The third-order valence-corrected chi connectivity index (χ3v) is 3.25. The van der Waals surface area contributed by atoms with Gasteiger partial charge in [0, 0.05) is 0 Å². The van der Waals surface area contributed by atoms with Crippen LogP contribution in [-0.2, 0) is 26.2 Å². The molecule has 0 unspecified atom stereocenters. The summed E-state index contributed by atoms with van der Waals surface area (Å²) in [4.78, 5) is 20.3. The number of rotatable bonds is 12. The van der Waals surface area contributed by atoms with Gasteiger partial charge < -0.3 is 18.9 Å². The topological polar surface area (TPSA) is 72.4 Å². The molecular formula is C12H25FeO4P. The van der Waals surface area contributed by atoms with Crippen LogP contribution in [0.1, 0.15) is 71.1 Å². The number of unbranched alkanes of at least 4 members (excludes halogenated alkanes) is 9. The maximum absolute atomic E-state index is 10.1. The van der Waals surface area contributed by atoms with Crippen LogP contribution in [0.15, 0.2) is 0 Å². The Labute approximate surface area is 122 Å². The van der Waals surface area contributed by atoms with E-state index in [4.69, 9.17) is 0 Å². The van der Waals surface area contributed by atoms with Crippen LogP contribution in [0.25, 0.3) is 0 Å². The second kappa shape index (κ2) is 14.0. The average Bonchev–Trinajstić information content (AvgIpc) is 2.24. The monoisotopic (exact) mass is 320 g/mol. The second-order valence-electron chi connectivity index (χ2n) is 4.46. The Balaban J connectivity index is 0. The zero-order chi connectivity index (χ0) is 13.0. The minimum Gasteiger partial charge on any atom is -0.790 e. The first kappa shape index (κ1) is 20.9. The molecule has 0 heterocycles. The summed E-state index contributed by atoms with van der Waals surface area (Å²) in [5.74, 6) is 0. The van der Waals surface area contributed by atoms with Gasteiger partial charge in [0.15, 0.2) is 0 Å². The number of phosphoric ester groups is 1. The molecule has 0 aliphatic carbocycles. The quantitative estimate of drug-likeness (QED) is 0.315. The molecule has 0 aliphatic heterocycles. The molecule has 0 aromatic carbocycles. The van der Waals surface area contributed by atoms with Crippen LogP contribution in [0.4, 0.5) is 0 Å². The van der Waals surface area contributed by atoms with E-state index in [9.17, 15) is 14.4 Å². The van der Waals surface area contributed by atoms with E-state index in [1.165, 1.54) is 44.9 Å². The second-order valence-corrected chi connectivity index (χ2v) is 5.62. The Bertz CT molecular complexity index is 208. The average molecular weight is 320 g/mol. The molecule has 0 aromatic rings. The van der Waals surface area contributed by atoms with Crippen LogP contribution < -0.4 is 9.79 Å². The fourth-order valence-corrected chi connectivity index (χ4v) is 2.12. The molecule has 4 nitrogen and oxygen atoms in total. The molecule has 0 aliphatic rings. The molecule has 0 fully saturated rings. The Kier molecular flexibility index (Phi) is 16.3. The number of hydrogen-bond acceptors (Lipinski definition) is 4. The van der Waals surface area contributed by atoms with Crippen molar-refractivity contribution in [1.82, 2.24) is 0 Å². The van der Waals surface area contributed by atoms with E-state index in [-0.39, 0.29) is 23.7 Å². The Morgan fingerprint density at radius 3 is 1.61 bits per heavy atom. The first-order valence-corrected chi connectivity index (χ1v) is 8.19. The first-order chi connectivity index (χ1) is 8.06. The maximum atomic E-state index is 10.1. The molecule has 0 atom stereocenters. The van der Waals surface area contributed by atoms with Crippen LogP contribution in [0.3, 0.4) is 0 Å². The van der Waals surface area contributed by atoms with Gasteiger partial charge in [0.05, 0.1) is 14.4 Å². The predicted octanol–water partition coefficient (Wildman–Crippen LogP) is 2.75. The van der Waals surface area contributed by atoms with Crippen molar-refractivity contribution in [2.75, 3.05) is 6.61 Å². The van der Waals surface area contributed by atoms with Crippen LogP contribution in [0, 0.1) is 0 Å². The van der Waals surface area contributed by atoms with Crippen LogP contribution in [-0.4, -0.2) is 6.61 Å². The van der Waals surface area contributed by atoms with E-state index in [1.807, 2.05) is 0 Å². The van der Waals surface area contributed by atoms with Crippen LogP contribution in [0.5, 0.6) is 0 Å². The zero-order valence-corrected chi connectivity index (χ0v) is 13.2. The summed E-state index contributed by atoms with van der Waals surface area (Å²) >= 11 is 0. The Morgan fingerprint density at radius 2 is 1.22 bits per heavy atom. The summed E-state index contributed by atoms with van der Waals surface area (Å²) in [5.41, 5.74) is 0. The summed E-state index contributed by atoms with van der Waals surface area (Å²) in [5, 5.41) is 0. The van der Waals surface area contributed by atoms with Gasteiger partial charge in [0.1, 0.15) is 0 Å². The molecule has 0 aromatic heterocycles. The van der Waals surface area contributed by atoms with E-state index in [0.29, 0.717) is 6.42 Å². The van der Waals surface area contributed by atoms with Gasteiger partial charge in [-0.3, -0.25) is 0 Å². The van der Waals surface area contributed by atoms with Gasteiger partial charge >= 0.3 is 17.1 Å². The minimum atomic E-state index is -4.74. The third kappa shape index (κ3) is 19.0. The summed E-state index contributed by atoms with van der Waals surface area (Å²) in [7, 11) is -4.74. The number of phosphoric acid groups is 1. The summed E-state index contributed by atoms with van der Waals surface area (Å²) in [6.07, 6.45) is 11.7. The molecule has 18 heavy (non-hydrogen) atoms. The molecular weight excluding hydrogens is 295 g/mol. The van der Waals surface area contributed by atoms with Crippen molar-refractivity contribution in [3.8, 4) is 0 Å². The van der Waals surface area contributed by atoms with Crippen molar-refractivity contribution in [2.45, 2.75) is 71.1 Å². The molecule has 0 spiro atoms. The van der Waals surface area contributed by atoms with Gasteiger partial charge in [-0.1, -0.05) is 64.7 Å². The van der Waals surface area contributed by atoms with E-state index in [1.54, 1.807) is 0 Å². The molecule has 110 valence electrons. The van der Waals surface area contributed by atoms with Gasteiger partial charge in [0.25, 0.3) is 0 Å². The number of hydrogen-bond donors (Lipinski definition) is 0. The maximum Gasteiger partial charge on any atom is 2.00 e. The summed E-state index contributed by atoms with van der Waals surface area (Å²) < 4.78 is 14.3. The zero-order valence-electron chi connectivity index (χ0n) is 11.2. The van der Waals surface area contributed by atoms with Crippen molar-refractivity contribution in [3.63, 3.8) is 0 Å². The van der Waals surface area contributed by atoms with Gasteiger partial charge in [-0.2, -0.15) is 0 Å². The molecule has 0 radical (unpaired) electrons. The van der Waals surface area contributed by atoms with Crippen molar-refractivity contribution in [3.05, 3.63) is 0 Å². The molecule has 0 N–H and O–H groups in total. The largest absolute Gasteiger partial charge is 2.00 e. The van der Waals surface area contributed by atoms with Gasteiger partial charge in [0.2, 0.25) is 0 Å². The normalized spacial score (nSPS) is 11.3. The molecule has 0 saturated heterocycles. The van der Waals surface area contributed by atoms with Gasteiger partial charge in [-0.15, -0.1) is 0 Å². The van der Waals surface area contributed by atoms with Crippen molar-refractivity contribution in [1.29, 1.82) is 0 Å². The molecule has 0 amide bonds. The Morgan fingerprint density at radius 1 is 0.833 bits per heavy atom. The smallest absolute Gasteiger partial charge is 0.790 e. The van der Waals surface area contributed by atoms with Gasteiger partial charge in [-0.05, 0) is 6.42 Å². The predicted molar refractivity (Wildman–Crippen MR) is 65.4 cm³/mol. The van der Waals surface area contributed by atoms with Crippen LogP contribution in [0.2, 0.25) is 0 Å². The SMILES string of the molecule is CCCCCCCCCCCCOP(=O)([O-])[O-].[Fe+2]. The van der Waals surface area contributed by atoms with Crippen LogP contribution >= 0.6 is 7.82 Å². The third-order valence-electron chi connectivity index (χ3n) is 2.75. The van der Waals surface area contributed by atoms with Crippen molar-refractivity contribution < 1.29 is 35.9 Å². The van der Waals surface area contributed by atoms with Gasteiger partial charge in [-0.25, -0.2) is 0 Å². The molecule has 0 rings (SSSR count). The van der Waals surface area contributed by atoms with E-state index < -0.39 is 7.82 Å². The van der Waals surface area contributed by atoms with E-state index >= 15 is 0 Å². The fraction of sp³-hybridized carbons (Fsp3) is 1.00. The molecule has 0 bridgehead atoms. The fourth-order valence-electron chi connectivity index (χ4n) is 1.77. The van der Waals surface area contributed by atoms with Crippen molar-refractivity contribution >= 4 is 7.82 Å². The first-order valence-electron chi connectivity index (χ1n) is 6.73. The van der Waals surface area contributed by atoms with E-state index in [2.05, 4.69) is 11.4 Å². The molecule has 0 saturated carbocycles. The summed E-state index contributed by atoms with van der Waals surface area (Å²) in [6, 6.07) is 0. The summed E-state index contributed by atoms with van der Waals surface area (Å²) in [6.45, 7) is 2.26. The molecule has 6 heteroatoms. The van der Waals surface area contributed by atoms with Crippen molar-refractivity contribution in [2.24, 2.45) is 0 Å². The van der Waals surface area contributed by atoms with E-state index in [0.717, 1.165) is 12.8 Å².